The third-order valence-electron chi connectivity index (χ3n) is 3.17. The molecule has 1 N–H and O–H groups in total. The molecule has 0 radical (unpaired) electrons. The summed E-state index contributed by atoms with van der Waals surface area (Å²) >= 11 is 5.87. The molecule has 0 saturated carbocycles. The zero-order valence-electron chi connectivity index (χ0n) is 13.1. The van der Waals surface area contributed by atoms with Crippen molar-refractivity contribution in [1.82, 2.24) is 5.43 Å². The molecule has 120 valence electrons. The molecule has 0 atom stereocenters. The van der Waals surface area contributed by atoms with Crippen LogP contribution < -0.4 is 10.2 Å². The standard InChI is InChI=1S/C18H19ClN2O2/c1-13(2)15-6-8-17(9-7-15)23-12-18(22)21-20-11-14-4-3-5-16(19)10-14/h3-11,13H,12H2,1-2H3,(H,21,22). The van der Waals surface area contributed by atoms with Gasteiger partial charge in [-0.3, -0.25) is 4.79 Å². The number of halogens is 1. The van der Waals surface area contributed by atoms with E-state index in [1.165, 1.54) is 11.8 Å². The first kappa shape index (κ1) is 17.0. The third kappa shape index (κ3) is 5.75. The Hall–Kier alpha value is -2.33. The molecule has 4 nitrogen and oxygen atoms in total. The van der Waals surface area contributed by atoms with Crippen LogP contribution in [0.3, 0.4) is 0 Å². The lowest BCUT2D eigenvalue weighted by molar-refractivity contribution is -0.123. The predicted molar refractivity (Wildman–Crippen MR) is 93.2 cm³/mol. The molecule has 0 aliphatic carbocycles. The van der Waals surface area contributed by atoms with Crippen molar-refractivity contribution in [3.05, 3.63) is 64.7 Å². The molecule has 2 aromatic rings. The summed E-state index contributed by atoms with van der Waals surface area (Å²) < 4.78 is 5.42. The van der Waals surface area contributed by atoms with Crippen LogP contribution in [0.15, 0.2) is 53.6 Å². The van der Waals surface area contributed by atoms with Crippen molar-refractivity contribution < 1.29 is 9.53 Å². The van der Waals surface area contributed by atoms with Crippen LogP contribution in [0.25, 0.3) is 0 Å². The van der Waals surface area contributed by atoms with E-state index in [0.717, 1.165) is 5.56 Å². The van der Waals surface area contributed by atoms with Gasteiger partial charge in [0.2, 0.25) is 0 Å². The molecule has 0 aliphatic rings. The number of benzene rings is 2. The zero-order chi connectivity index (χ0) is 16.7. The Morgan fingerprint density at radius 2 is 2.00 bits per heavy atom. The number of hydrogen-bond donors (Lipinski definition) is 1. The Balaban J connectivity index is 1.78. The molecule has 0 spiro atoms. The van der Waals surface area contributed by atoms with E-state index in [1.807, 2.05) is 36.4 Å². The fourth-order valence-corrected chi connectivity index (χ4v) is 2.09. The second-order valence-corrected chi connectivity index (χ2v) is 5.80. The average molecular weight is 331 g/mol. The van der Waals surface area contributed by atoms with Gasteiger partial charge in [-0.2, -0.15) is 5.10 Å². The quantitative estimate of drug-likeness (QED) is 0.643. The van der Waals surface area contributed by atoms with Crippen LogP contribution in [-0.4, -0.2) is 18.7 Å². The summed E-state index contributed by atoms with van der Waals surface area (Å²) in [4.78, 5) is 11.7. The Kier molecular flexibility index (Phi) is 6.18. The number of carbonyl (C=O) groups excluding carboxylic acids is 1. The summed E-state index contributed by atoms with van der Waals surface area (Å²) in [5, 5.41) is 4.49. The number of hydrogen-bond acceptors (Lipinski definition) is 3. The van der Waals surface area contributed by atoms with Crippen LogP contribution in [0.5, 0.6) is 5.75 Å². The van der Waals surface area contributed by atoms with Crippen LogP contribution in [-0.2, 0) is 4.79 Å². The minimum atomic E-state index is -0.323. The zero-order valence-corrected chi connectivity index (χ0v) is 13.9. The Labute approximate surface area is 141 Å². The minimum Gasteiger partial charge on any atom is -0.484 e. The van der Waals surface area contributed by atoms with Gasteiger partial charge in [0, 0.05) is 5.02 Å². The second kappa shape index (κ2) is 8.34. The van der Waals surface area contributed by atoms with Gasteiger partial charge in [-0.1, -0.05) is 49.7 Å². The lowest BCUT2D eigenvalue weighted by Gasteiger charge is -2.08. The Morgan fingerprint density at radius 1 is 1.26 bits per heavy atom. The summed E-state index contributed by atoms with van der Waals surface area (Å²) in [6.45, 7) is 4.16. The Bertz CT molecular complexity index is 682. The lowest BCUT2D eigenvalue weighted by atomic mass is 10.0. The summed E-state index contributed by atoms with van der Waals surface area (Å²) in [6, 6.07) is 14.9. The molecule has 1 amide bonds. The van der Waals surface area contributed by atoms with Crippen molar-refractivity contribution in [3.63, 3.8) is 0 Å². The first-order valence-electron chi connectivity index (χ1n) is 7.35. The van der Waals surface area contributed by atoms with Crippen molar-refractivity contribution in [3.8, 4) is 5.75 Å². The fraction of sp³-hybridized carbons (Fsp3) is 0.222. The number of nitrogens with zero attached hydrogens (tertiary/aromatic N) is 1. The van der Waals surface area contributed by atoms with Gasteiger partial charge in [-0.25, -0.2) is 5.43 Å². The molecule has 0 aliphatic heterocycles. The molecule has 0 bridgehead atoms. The largest absolute Gasteiger partial charge is 0.484 e. The van der Waals surface area contributed by atoms with Crippen molar-refractivity contribution in [2.75, 3.05) is 6.61 Å². The highest BCUT2D eigenvalue weighted by Gasteiger charge is 2.03. The maximum Gasteiger partial charge on any atom is 0.277 e. The highest BCUT2D eigenvalue weighted by atomic mass is 35.5. The van der Waals surface area contributed by atoms with E-state index in [-0.39, 0.29) is 12.5 Å². The summed E-state index contributed by atoms with van der Waals surface area (Å²) in [7, 11) is 0. The van der Waals surface area contributed by atoms with Crippen molar-refractivity contribution in [1.29, 1.82) is 0 Å². The maximum atomic E-state index is 11.7. The van der Waals surface area contributed by atoms with Gasteiger partial charge in [0.25, 0.3) is 5.91 Å². The fourth-order valence-electron chi connectivity index (χ4n) is 1.90. The van der Waals surface area contributed by atoms with Crippen LogP contribution in [0.1, 0.15) is 30.9 Å². The molecule has 5 heteroatoms. The highest BCUT2D eigenvalue weighted by molar-refractivity contribution is 6.30. The van der Waals surface area contributed by atoms with Crippen molar-refractivity contribution in [2.24, 2.45) is 5.10 Å². The molecule has 23 heavy (non-hydrogen) atoms. The van der Waals surface area contributed by atoms with E-state index in [1.54, 1.807) is 12.1 Å². The topological polar surface area (TPSA) is 50.7 Å². The van der Waals surface area contributed by atoms with E-state index in [2.05, 4.69) is 24.4 Å². The van der Waals surface area contributed by atoms with Crippen LogP contribution >= 0.6 is 11.6 Å². The molecule has 0 aromatic heterocycles. The van der Waals surface area contributed by atoms with Gasteiger partial charge >= 0.3 is 0 Å². The van der Waals surface area contributed by atoms with E-state index < -0.39 is 0 Å². The van der Waals surface area contributed by atoms with Crippen LogP contribution in [0, 0.1) is 0 Å². The number of ether oxygens (including phenoxy) is 1. The first-order chi connectivity index (χ1) is 11.0. The van der Waals surface area contributed by atoms with E-state index in [9.17, 15) is 4.79 Å². The van der Waals surface area contributed by atoms with Crippen LogP contribution in [0.4, 0.5) is 0 Å². The molecule has 0 heterocycles. The molecule has 2 rings (SSSR count). The van der Waals surface area contributed by atoms with Gasteiger partial charge in [0.1, 0.15) is 5.75 Å². The lowest BCUT2D eigenvalue weighted by Crippen LogP contribution is -2.24. The first-order valence-corrected chi connectivity index (χ1v) is 7.72. The summed E-state index contributed by atoms with van der Waals surface area (Å²) in [5.74, 6) is 0.799. The minimum absolute atomic E-state index is 0.0894. The molecular formula is C18H19ClN2O2. The average Bonchev–Trinajstić information content (AvgIpc) is 2.53. The monoisotopic (exact) mass is 330 g/mol. The number of carbonyl (C=O) groups is 1. The maximum absolute atomic E-state index is 11.7. The van der Waals surface area contributed by atoms with Gasteiger partial charge in [-0.15, -0.1) is 0 Å². The van der Waals surface area contributed by atoms with E-state index >= 15 is 0 Å². The van der Waals surface area contributed by atoms with Gasteiger partial charge in [0.15, 0.2) is 6.61 Å². The van der Waals surface area contributed by atoms with Crippen molar-refractivity contribution >= 4 is 23.7 Å². The SMILES string of the molecule is CC(C)c1ccc(OCC(=O)NN=Cc2cccc(Cl)c2)cc1. The normalized spacial score (nSPS) is 11.0. The molecule has 2 aromatic carbocycles. The summed E-state index contributed by atoms with van der Waals surface area (Å²) in [6.07, 6.45) is 1.53. The van der Waals surface area contributed by atoms with Crippen molar-refractivity contribution in [2.45, 2.75) is 19.8 Å². The van der Waals surface area contributed by atoms with Crippen LogP contribution in [0.2, 0.25) is 5.02 Å². The van der Waals surface area contributed by atoms with Gasteiger partial charge in [0.05, 0.1) is 6.21 Å². The van der Waals surface area contributed by atoms with E-state index in [0.29, 0.717) is 16.7 Å². The Morgan fingerprint density at radius 3 is 2.65 bits per heavy atom. The molecule has 0 fully saturated rings. The molecular weight excluding hydrogens is 312 g/mol. The number of hydrazone groups is 1. The van der Waals surface area contributed by atoms with Gasteiger partial charge < -0.3 is 4.74 Å². The van der Waals surface area contributed by atoms with Gasteiger partial charge in [-0.05, 0) is 41.3 Å². The third-order valence-corrected chi connectivity index (χ3v) is 3.40. The smallest absolute Gasteiger partial charge is 0.277 e. The highest BCUT2D eigenvalue weighted by Crippen LogP contribution is 2.18. The number of nitrogens with one attached hydrogen (secondary N) is 1. The molecule has 0 saturated heterocycles. The second-order valence-electron chi connectivity index (χ2n) is 5.36. The number of amides is 1. The van der Waals surface area contributed by atoms with E-state index in [4.69, 9.17) is 16.3 Å². The predicted octanol–water partition coefficient (Wildman–Crippen LogP) is 3.99. The molecule has 0 unspecified atom stereocenters. The summed E-state index contributed by atoms with van der Waals surface area (Å²) in [5.41, 5.74) is 4.45. The number of rotatable bonds is 6.